The lowest BCUT2D eigenvalue weighted by Gasteiger charge is -2.20. The Labute approximate surface area is 101 Å². The summed E-state index contributed by atoms with van der Waals surface area (Å²) in [6.07, 6.45) is 0. The SMILES string of the molecule is CC(NC(=O)[C@H](N)C(C)C)c1ccccc1F. The molecule has 3 nitrogen and oxygen atoms in total. The van der Waals surface area contributed by atoms with Gasteiger partial charge in [-0.2, -0.15) is 0 Å². The maximum Gasteiger partial charge on any atom is 0.237 e. The minimum absolute atomic E-state index is 0.0582. The largest absolute Gasteiger partial charge is 0.348 e. The van der Waals surface area contributed by atoms with Crippen molar-refractivity contribution in [3.8, 4) is 0 Å². The number of rotatable bonds is 4. The van der Waals surface area contributed by atoms with Crippen LogP contribution >= 0.6 is 0 Å². The van der Waals surface area contributed by atoms with E-state index in [2.05, 4.69) is 5.32 Å². The second-order valence-corrected chi connectivity index (χ2v) is 4.52. The van der Waals surface area contributed by atoms with Crippen LogP contribution in [0.25, 0.3) is 0 Å². The number of benzene rings is 1. The van der Waals surface area contributed by atoms with E-state index in [0.29, 0.717) is 5.56 Å². The van der Waals surface area contributed by atoms with Gasteiger partial charge in [0.15, 0.2) is 0 Å². The summed E-state index contributed by atoms with van der Waals surface area (Å²) >= 11 is 0. The zero-order valence-corrected chi connectivity index (χ0v) is 10.4. The Kier molecular flexibility index (Phi) is 4.63. The van der Waals surface area contributed by atoms with Crippen molar-refractivity contribution in [1.82, 2.24) is 5.32 Å². The van der Waals surface area contributed by atoms with Crippen molar-refractivity contribution in [2.24, 2.45) is 11.7 Å². The van der Waals surface area contributed by atoms with E-state index in [9.17, 15) is 9.18 Å². The Balaban J connectivity index is 2.70. The fourth-order valence-corrected chi connectivity index (χ4v) is 1.52. The number of carbonyl (C=O) groups is 1. The van der Waals surface area contributed by atoms with Crippen molar-refractivity contribution >= 4 is 5.91 Å². The first kappa shape index (κ1) is 13.6. The molecule has 0 saturated carbocycles. The predicted molar refractivity (Wildman–Crippen MR) is 65.8 cm³/mol. The molecule has 0 aliphatic carbocycles. The molecule has 2 atom stereocenters. The number of hydrogen-bond acceptors (Lipinski definition) is 2. The summed E-state index contributed by atoms with van der Waals surface area (Å²) in [4.78, 5) is 11.7. The van der Waals surface area contributed by atoms with Gasteiger partial charge in [-0.3, -0.25) is 4.79 Å². The van der Waals surface area contributed by atoms with Gasteiger partial charge in [0.2, 0.25) is 5.91 Å². The summed E-state index contributed by atoms with van der Waals surface area (Å²) in [7, 11) is 0. The Morgan fingerprint density at radius 3 is 2.41 bits per heavy atom. The molecule has 0 saturated heterocycles. The molecule has 0 bridgehead atoms. The normalized spacial score (nSPS) is 14.5. The Bertz CT molecular complexity index is 393. The van der Waals surface area contributed by atoms with Gasteiger partial charge in [-0.15, -0.1) is 0 Å². The van der Waals surface area contributed by atoms with E-state index < -0.39 is 6.04 Å². The third-order valence-corrected chi connectivity index (χ3v) is 2.75. The van der Waals surface area contributed by atoms with Crippen LogP contribution in [0.5, 0.6) is 0 Å². The van der Waals surface area contributed by atoms with Crippen molar-refractivity contribution in [1.29, 1.82) is 0 Å². The molecule has 3 N–H and O–H groups in total. The van der Waals surface area contributed by atoms with Crippen molar-refractivity contribution in [3.05, 3.63) is 35.6 Å². The molecule has 0 spiro atoms. The quantitative estimate of drug-likeness (QED) is 0.842. The second-order valence-electron chi connectivity index (χ2n) is 4.52. The van der Waals surface area contributed by atoms with E-state index in [1.165, 1.54) is 6.07 Å². The summed E-state index contributed by atoms with van der Waals surface area (Å²) in [6, 6.07) is 5.44. The van der Waals surface area contributed by atoms with Crippen LogP contribution in [-0.2, 0) is 4.79 Å². The van der Waals surface area contributed by atoms with Gasteiger partial charge in [0.25, 0.3) is 0 Å². The Hall–Kier alpha value is -1.42. The predicted octanol–water partition coefficient (Wildman–Crippen LogP) is 1.99. The van der Waals surface area contributed by atoms with Gasteiger partial charge in [-0.1, -0.05) is 32.0 Å². The van der Waals surface area contributed by atoms with Gasteiger partial charge in [-0.05, 0) is 18.9 Å². The zero-order valence-electron chi connectivity index (χ0n) is 10.4. The molecular weight excluding hydrogens is 219 g/mol. The highest BCUT2D eigenvalue weighted by Crippen LogP contribution is 2.16. The smallest absolute Gasteiger partial charge is 0.237 e. The molecule has 1 aromatic carbocycles. The molecule has 94 valence electrons. The molecule has 0 radical (unpaired) electrons. The van der Waals surface area contributed by atoms with Crippen LogP contribution in [-0.4, -0.2) is 11.9 Å². The summed E-state index contributed by atoms with van der Waals surface area (Å²) in [5.41, 5.74) is 6.19. The molecular formula is C13H19FN2O. The molecule has 1 aromatic rings. The molecule has 17 heavy (non-hydrogen) atoms. The molecule has 1 unspecified atom stereocenters. The first-order valence-electron chi connectivity index (χ1n) is 5.74. The fourth-order valence-electron chi connectivity index (χ4n) is 1.52. The minimum atomic E-state index is -0.566. The highest BCUT2D eigenvalue weighted by molar-refractivity contribution is 5.82. The molecule has 0 aliphatic heterocycles. The lowest BCUT2D eigenvalue weighted by Crippen LogP contribution is -2.44. The Morgan fingerprint density at radius 1 is 1.29 bits per heavy atom. The Morgan fingerprint density at radius 2 is 1.88 bits per heavy atom. The van der Waals surface area contributed by atoms with Crippen LogP contribution in [0.1, 0.15) is 32.4 Å². The highest BCUT2D eigenvalue weighted by atomic mass is 19.1. The van der Waals surface area contributed by atoms with Crippen LogP contribution in [0.15, 0.2) is 24.3 Å². The first-order chi connectivity index (χ1) is 7.93. The second kappa shape index (κ2) is 5.77. The van der Waals surface area contributed by atoms with Crippen LogP contribution in [0.4, 0.5) is 4.39 Å². The average Bonchev–Trinajstić information content (AvgIpc) is 2.28. The number of nitrogens with two attached hydrogens (primary N) is 1. The maximum absolute atomic E-state index is 13.5. The number of halogens is 1. The van der Waals surface area contributed by atoms with Crippen LogP contribution < -0.4 is 11.1 Å². The number of amides is 1. The maximum atomic E-state index is 13.5. The zero-order chi connectivity index (χ0) is 13.0. The summed E-state index contributed by atoms with van der Waals surface area (Å²) in [6.45, 7) is 5.49. The van der Waals surface area contributed by atoms with Crippen molar-refractivity contribution in [2.75, 3.05) is 0 Å². The molecule has 4 heteroatoms. The highest BCUT2D eigenvalue weighted by Gasteiger charge is 2.20. The van der Waals surface area contributed by atoms with Crippen LogP contribution in [0, 0.1) is 11.7 Å². The van der Waals surface area contributed by atoms with Crippen LogP contribution in [0.2, 0.25) is 0 Å². The number of carbonyl (C=O) groups excluding carboxylic acids is 1. The van der Waals surface area contributed by atoms with Crippen molar-refractivity contribution < 1.29 is 9.18 Å². The van der Waals surface area contributed by atoms with E-state index in [0.717, 1.165) is 0 Å². The van der Waals surface area contributed by atoms with E-state index in [1.807, 2.05) is 13.8 Å². The van der Waals surface area contributed by atoms with Gasteiger partial charge in [0.05, 0.1) is 12.1 Å². The third kappa shape index (κ3) is 3.53. The number of nitrogens with one attached hydrogen (secondary N) is 1. The molecule has 1 rings (SSSR count). The topological polar surface area (TPSA) is 55.1 Å². The molecule has 0 aromatic heterocycles. The lowest BCUT2D eigenvalue weighted by molar-refractivity contribution is -0.123. The van der Waals surface area contributed by atoms with Gasteiger partial charge in [0, 0.05) is 5.56 Å². The first-order valence-corrected chi connectivity index (χ1v) is 5.74. The van der Waals surface area contributed by atoms with Gasteiger partial charge in [-0.25, -0.2) is 4.39 Å². The van der Waals surface area contributed by atoms with Gasteiger partial charge in [0.1, 0.15) is 5.82 Å². The number of hydrogen-bond donors (Lipinski definition) is 2. The van der Waals surface area contributed by atoms with Crippen molar-refractivity contribution in [3.63, 3.8) is 0 Å². The van der Waals surface area contributed by atoms with Crippen molar-refractivity contribution in [2.45, 2.75) is 32.9 Å². The summed E-state index contributed by atoms with van der Waals surface area (Å²) in [5, 5.41) is 2.71. The monoisotopic (exact) mass is 238 g/mol. The standard InChI is InChI=1S/C13H19FN2O/c1-8(2)12(15)13(17)16-9(3)10-6-4-5-7-11(10)14/h4-9,12H,15H2,1-3H3,(H,16,17)/t9?,12-/m1/s1. The molecule has 0 aliphatic rings. The average molecular weight is 238 g/mol. The third-order valence-electron chi connectivity index (χ3n) is 2.75. The minimum Gasteiger partial charge on any atom is -0.348 e. The lowest BCUT2D eigenvalue weighted by atomic mass is 10.0. The molecule has 0 heterocycles. The van der Waals surface area contributed by atoms with E-state index >= 15 is 0 Å². The van der Waals surface area contributed by atoms with Crippen LogP contribution in [0.3, 0.4) is 0 Å². The fraction of sp³-hybridized carbons (Fsp3) is 0.462. The van der Waals surface area contributed by atoms with E-state index in [-0.39, 0.29) is 23.7 Å². The summed E-state index contributed by atoms with van der Waals surface area (Å²) in [5.74, 6) is -0.517. The molecule has 1 amide bonds. The molecule has 0 fully saturated rings. The van der Waals surface area contributed by atoms with Gasteiger partial charge < -0.3 is 11.1 Å². The van der Waals surface area contributed by atoms with E-state index in [1.54, 1.807) is 25.1 Å². The van der Waals surface area contributed by atoms with E-state index in [4.69, 9.17) is 5.73 Å². The van der Waals surface area contributed by atoms with Gasteiger partial charge >= 0.3 is 0 Å². The summed E-state index contributed by atoms with van der Waals surface area (Å²) < 4.78 is 13.5.